The van der Waals surface area contributed by atoms with Crippen LogP contribution in [0.3, 0.4) is 0 Å². The van der Waals surface area contributed by atoms with Crippen molar-refractivity contribution in [3.05, 3.63) is 72.9 Å². The Morgan fingerprint density at radius 1 is 0.321 bits per heavy atom. The van der Waals surface area contributed by atoms with Gasteiger partial charge in [-0.05, 0) is 83.5 Å². The standard InChI is InChI=1S/C93H169NO18/c1-3-5-7-9-11-13-15-17-19-21-23-25-27-29-31-32-33-34-35-36-37-38-39-40-41-42-43-44-45-47-49-51-53-55-57-59-61-63-65-67-69-71-81(99)94-76(77(98)70-68-66-64-62-60-58-56-54-52-50-48-46-30-28-26-24-22-20-18-16-14-12-10-8-6-4-2)75-107-91-87(105)84(102)89(79(73-96)109-91)112-93-88(106)85(103)90(80(74-97)110-93)111-92-86(104)83(101)82(100)78(72-95)108-92/h15,17,21,23,27,29,52,54,60,62,68,70,76-80,82-93,95-98,100-106H,3-14,16,18-20,22,24-26,28,30-51,53,55-59,61,63-67,69,71-75H2,1-2H3,(H,94,99)/b17-15-,23-21-,29-27-,54-52+,62-60+,70-68+. The Bertz CT molecular complexity index is 2300. The molecule has 0 radical (unpaired) electrons. The SMILES string of the molecule is CCCCCCC/C=C\C/C=C\C/C=C\CCCCCCCCCCCCCCCCCCCCCCCCCCCCC(=O)NC(COC1OC(CO)C(OC2OC(CO)C(OC3OC(CO)C(O)C(O)C3O)C(O)C2O)C(O)C1O)C(O)/C=C/CC/C=C/CC/C=C/CCCCCCCCCCCCCCCCCC. The Kier molecular flexibility index (Phi) is 66.7. The third kappa shape index (κ3) is 50.2. The zero-order chi connectivity index (χ0) is 81.0. The molecule has 19 heteroatoms. The summed E-state index contributed by atoms with van der Waals surface area (Å²) >= 11 is 0. The topological polar surface area (TPSA) is 307 Å². The first kappa shape index (κ1) is 103. The molecule has 0 spiro atoms. The number of nitrogens with one attached hydrogen (secondary N) is 1. The lowest BCUT2D eigenvalue weighted by Crippen LogP contribution is -2.66. The van der Waals surface area contributed by atoms with Crippen LogP contribution in [0.1, 0.15) is 380 Å². The molecule has 0 saturated carbocycles. The molecular weight excluding hydrogens is 1420 g/mol. The summed E-state index contributed by atoms with van der Waals surface area (Å²) in [6.45, 7) is 1.75. The van der Waals surface area contributed by atoms with Crippen molar-refractivity contribution >= 4 is 5.91 Å². The molecule has 112 heavy (non-hydrogen) atoms. The molecule has 0 aromatic heterocycles. The van der Waals surface area contributed by atoms with E-state index in [0.29, 0.717) is 12.8 Å². The van der Waals surface area contributed by atoms with Crippen LogP contribution in [0.4, 0.5) is 0 Å². The van der Waals surface area contributed by atoms with Crippen LogP contribution in [-0.2, 0) is 33.2 Å². The summed E-state index contributed by atoms with van der Waals surface area (Å²) in [6.07, 6.45) is 70.7. The number of carbonyl (C=O) groups excluding carboxylic acids is 1. The molecule has 0 bridgehead atoms. The number of allylic oxidation sites excluding steroid dienone is 11. The van der Waals surface area contributed by atoms with E-state index in [0.717, 1.165) is 57.8 Å². The van der Waals surface area contributed by atoms with E-state index < -0.39 is 124 Å². The highest BCUT2D eigenvalue weighted by Crippen LogP contribution is 2.34. The first-order valence-electron chi connectivity index (χ1n) is 46.2. The highest BCUT2D eigenvalue weighted by Gasteiger charge is 2.54. The molecule has 3 saturated heterocycles. The van der Waals surface area contributed by atoms with Crippen molar-refractivity contribution in [2.75, 3.05) is 26.4 Å². The zero-order valence-corrected chi connectivity index (χ0v) is 70.7. The number of rotatable bonds is 75. The quantitative estimate of drug-likeness (QED) is 0.0199. The normalized spacial score (nSPS) is 25.2. The van der Waals surface area contributed by atoms with Gasteiger partial charge in [-0.1, -0.05) is 363 Å². The van der Waals surface area contributed by atoms with Crippen molar-refractivity contribution in [3.8, 4) is 0 Å². The molecule has 0 aromatic rings. The van der Waals surface area contributed by atoms with Crippen LogP contribution in [0.5, 0.6) is 0 Å². The molecule has 1 amide bonds. The molecule has 3 rings (SSSR count). The van der Waals surface area contributed by atoms with Crippen LogP contribution in [-0.4, -0.2) is 193 Å². The number of hydrogen-bond acceptors (Lipinski definition) is 18. The van der Waals surface area contributed by atoms with Gasteiger partial charge in [0.05, 0.1) is 38.6 Å². The van der Waals surface area contributed by atoms with Gasteiger partial charge in [0.1, 0.15) is 73.2 Å². The number of ether oxygens (including phenoxy) is 6. The Hall–Kier alpha value is -2.77. The van der Waals surface area contributed by atoms with Crippen molar-refractivity contribution < 1.29 is 89.4 Å². The van der Waals surface area contributed by atoms with Crippen molar-refractivity contribution in [2.45, 2.75) is 484 Å². The maximum atomic E-state index is 13.5. The third-order valence-corrected chi connectivity index (χ3v) is 22.7. The van der Waals surface area contributed by atoms with Crippen molar-refractivity contribution in [3.63, 3.8) is 0 Å². The first-order valence-corrected chi connectivity index (χ1v) is 46.2. The van der Waals surface area contributed by atoms with E-state index in [-0.39, 0.29) is 18.9 Å². The molecule has 19 nitrogen and oxygen atoms in total. The largest absolute Gasteiger partial charge is 0.394 e. The smallest absolute Gasteiger partial charge is 0.220 e. The Balaban J connectivity index is 1.30. The summed E-state index contributed by atoms with van der Waals surface area (Å²) in [4.78, 5) is 13.5. The Morgan fingerprint density at radius 3 is 0.955 bits per heavy atom. The number of hydrogen-bond donors (Lipinski definition) is 12. The average molecular weight is 1590 g/mol. The molecule has 0 aliphatic carbocycles. The van der Waals surface area contributed by atoms with E-state index in [1.807, 2.05) is 6.08 Å². The number of aliphatic hydroxyl groups is 11. The lowest BCUT2D eigenvalue weighted by atomic mass is 9.96. The predicted octanol–water partition coefficient (Wildman–Crippen LogP) is 17.9. The first-order chi connectivity index (χ1) is 54.8. The Morgan fingerprint density at radius 2 is 0.598 bits per heavy atom. The minimum Gasteiger partial charge on any atom is -0.394 e. The number of carbonyl (C=O) groups is 1. The van der Waals surface area contributed by atoms with Gasteiger partial charge in [0, 0.05) is 6.42 Å². The zero-order valence-electron chi connectivity index (χ0n) is 70.7. The fourth-order valence-corrected chi connectivity index (χ4v) is 15.4. The van der Waals surface area contributed by atoms with E-state index in [1.165, 1.54) is 289 Å². The van der Waals surface area contributed by atoms with Gasteiger partial charge in [-0.15, -0.1) is 0 Å². The van der Waals surface area contributed by atoms with E-state index in [4.69, 9.17) is 28.4 Å². The van der Waals surface area contributed by atoms with E-state index in [2.05, 4.69) is 79.9 Å². The molecule has 3 aliphatic rings. The van der Waals surface area contributed by atoms with E-state index >= 15 is 0 Å². The molecule has 0 aromatic carbocycles. The van der Waals surface area contributed by atoms with Crippen molar-refractivity contribution in [1.82, 2.24) is 5.32 Å². The summed E-state index contributed by atoms with van der Waals surface area (Å²) in [5.41, 5.74) is 0. The molecule has 3 fully saturated rings. The maximum Gasteiger partial charge on any atom is 0.220 e. The van der Waals surface area contributed by atoms with Gasteiger partial charge < -0.3 is 89.9 Å². The number of unbranched alkanes of at least 4 members (excludes halogenated alkanes) is 49. The van der Waals surface area contributed by atoms with Gasteiger partial charge in [-0.2, -0.15) is 0 Å². The fraction of sp³-hybridized carbons (Fsp3) is 0.860. The van der Waals surface area contributed by atoms with Gasteiger partial charge in [0.2, 0.25) is 5.91 Å². The number of aliphatic hydroxyl groups excluding tert-OH is 11. The van der Waals surface area contributed by atoms with Crippen LogP contribution in [0.2, 0.25) is 0 Å². The molecule has 654 valence electrons. The molecule has 3 aliphatic heterocycles. The summed E-state index contributed by atoms with van der Waals surface area (Å²) in [6, 6.07) is -1.000. The lowest BCUT2D eigenvalue weighted by molar-refractivity contribution is -0.379. The van der Waals surface area contributed by atoms with Gasteiger partial charge in [0.15, 0.2) is 18.9 Å². The summed E-state index contributed by atoms with van der Waals surface area (Å²) in [7, 11) is 0. The molecule has 12 N–H and O–H groups in total. The van der Waals surface area contributed by atoms with Gasteiger partial charge in [0.25, 0.3) is 0 Å². The second kappa shape index (κ2) is 72.3. The summed E-state index contributed by atoms with van der Waals surface area (Å²) in [5.74, 6) is -0.283. The van der Waals surface area contributed by atoms with Crippen LogP contribution in [0.25, 0.3) is 0 Å². The van der Waals surface area contributed by atoms with Gasteiger partial charge in [-0.25, -0.2) is 0 Å². The molecule has 17 unspecified atom stereocenters. The minimum atomic E-state index is -1.99. The third-order valence-electron chi connectivity index (χ3n) is 22.7. The summed E-state index contributed by atoms with van der Waals surface area (Å²) in [5, 5.41) is 121. The molecular formula is C93H169NO18. The predicted molar refractivity (Wildman–Crippen MR) is 452 cm³/mol. The summed E-state index contributed by atoms with van der Waals surface area (Å²) < 4.78 is 34.5. The van der Waals surface area contributed by atoms with Gasteiger partial charge in [-0.3, -0.25) is 4.79 Å². The minimum absolute atomic E-state index is 0.234. The van der Waals surface area contributed by atoms with Crippen molar-refractivity contribution in [1.29, 1.82) is 0 Å². The highest BCUT2D eigenvalue weighted by atomic mass is 16.8. The second-order valence-corrected chi connectivity index (χ2v) is 32.7. The van der Waals surface area contributed by atoms with Crippen molar-refractivity contribution in [2.24, 2.45) is 0 Å². The Labute approximate surface area is 680 Å². The van der Waals surface area contributed by atoms with Crippen LogP contribution in [0.15, 0.2) is 72.9 Å². The monoisotopic (exact) mass is 1590 g/mol. The molecule has 17 atom stereocenters. The number of amides is 1. The maximum absolute atomic E-state index is 13.5. The van der Waals surface area contributed by atoms with Crippen LogP contribution < -0.4 is 5.32 Å². The highest BCUT2D eigenvalue weighted by molar-refractivity contribution is 5.76. The average Bonchev–Trinajstić information content (AvgIpc) is 0.781. The van der Waals surface area contributed by atoms with E-state index in [9.17, 15) is 61.0 Å². The lowest BCUT2D eigenvalue weighted by Gasteiger charge is -2.48. The van der Waals surface area contributed by atoms with Crippen LogP contribution >= 0.6 is 0 Å². The second-order valence-electron chi connectivity index (χ2n) is 32.7. The van der Waals surface area contributed by atoms with E-state index in [1.54, 1.807) is 6.08 Å². The fourth-order valence-electron chi connectivity index (χ4n) is 15.4. The van der Waals surface area contributed by atoms with Gasteiger partial charge >= 0.3 is 0 Å². The molecule has 3 heterocycles. The van der Waals surface area contributed by atoms with Crippen LogP contribution in [0, 0.1) is 0 Å².